The summed E-state index contributed by atoms with van der Waals surface area (Å²) in [7, 11) is 0. The van der Waals surface area contributed by atoms with Crippen molar-refractivity contribution in [2.45, 2.75) is 13.5 Å². The highest BCUT2D eigenvalue weighted by Gasteiger charge is 2.28. The van der Waals surface area contributed by atoms with E-state index in [4.69, 9.17) is 22.1 Å². The van der Waals surface area contributed by atoms with E-state index in [2.05, 4.69) is 4.98 Å². The number of carboxylic acids is 2. The molecular weight excluding hydrogens is 412 g/mol. The van der Waals surface area contributed by atoms with Crippen LogP contribution >= 0.6 is 11.6 Å². The quantitative estimate of drug-likeness (QED) is 0.470. The first-order valence-corrected chi connectivity index (χ1v) is 9.08. The van der Waals surface area contributed by atoms with Gasteiger partial charge in [0.2, 0.25) is 0 Å². The van der Waals surface area contributed by atoms with E-state index in [0.717, 1.165) is 11.1 Å². The highest BCUT2D eigenvalue weighted by atomic mass is 35.5. The first-order valence-electron chi connectivity index (χ1n) is 8.70. The fourth-order valence-electron chi connectivity index (χ4n) is 3.07. The van der Waals surface area contributed by atoms with Crippen LogP contribution in [-0.2, 0) is 6.61 Å². The lowest BCUT2D eigenvalue weighted by Gasteiger charge is -2.17. The maximum atomic E-state index is 12.3. The fraction of sp³-hybridized carbons (Fsp3) is 0.0952. The van der Waals surface area contributed by atoms with E-state index in [1.54, 1.807) is 0 Å². The number of aromatic carboxylic acids is 2. The molecule has 2 aromatic carbocycles. The van der Waals surface area contributed by atoms with Crippen molar-refractivity contribution >= 4 is 29.4 Å². The van der Waals surface area contributed by atoms with E-state index in [1.807, 2.05) is 31.2 Å². The summed E-state index contributed by atoms with van der Waals surface area (Å²) in [6, 6.07) is 11.8. The molecule has 0 bridgehead atoms. The van der Waals surface area contributed by atoms with Gasteiger partial charge in [0.1, 0.15) is 29.3 Å². The molecule has 30 heavy (non-hydrogen) atoms. The second-order valence-corrected chi connectivity index (χ2v) is 6.90. The number of aromatic nitrogens is 1. The summed E-state index contributed by atoms with van der Waals surface area (Å²) >= 11 is 6.08. The maximum Gasteiger partial charge on any atom is 0.342 e. The minimum Gasteiger partial charge on any atom is -0.488 e. The lowest BCUT2D eigenvalue weighted by molar-refractivity contribution is 0.0695. The zero-order chi connectivity index (χ0) is 22.0. The fourth-order valence-corrected chi connectivity index (χ4v) is 3.24. The Kier molecular flexibility index (Phi) is 5.79. The third kappa shape index (κ3) is 3.99. The number of rotatable bonds is 6. The van der Waals surface area contributed by atoms with Crippen molar-refractivity contribution in [2.24, 2.45) is 0 Å². The molecule has 0 saturated heterocycles. The summed E-state index contributed by atoms with van der Waals surface area (Å²) in [6.07, 6.45) is 0. The largest absolute Gasteiger partial charge is 0.488 e. The average Bonchev–Trinajstić information content (AvgIpc) is 2.66. The summed E-state index contributed by atoms with van der Waals surface area (Å²) in [4.78, 5) is 38.0. The van der Waals surface area contributed by atoms with Crippen LogP contribution in [0.1, 0.15) is 31.8 Å². The monoisotopic (exact) mass is 428 g/mol. The van der Waals surface area contributed by atoms with Crippen molar-refractivity contribution in [3.63, 3.8) is 0 Å². The molecule has 0 spiro atoms. The van der Waals surface area contributed by atoms with E-state index < -0.39 is 34.4 Å². The Hall–Kier alpha value is -3.78. The Bertz CT molecular complexity index is 1220. The second kappa shape index (κ2) is 8.30. The number of carbonyl (C=O) groups is 2. The molecule has 0 aliphatic heterocycles. The number of nitrogens with two attached hydrogens (primary N) is 1. The average molecular weight is 429 g/mol. The molecule has 0 atom stereocenters. The van der Waals surface area contributed by atoms with Crippen LogP contribution in [0.25, 0.3) is 11.1 Å². The highest BCUT2D eigenvalue weighted by molar-refractivity contribution is 6.31. The summed E-state index contributed by atoms with van der Waals surface area (Å²) in [5.41, 5.74) is 4.84. The molecule has 3 aromatic rings. The summed E-state index contributed by atoms with van der Waals surface area (Å²) < 4.78 is 5.87. The third-order valence-electron chi connectivity index (χ3n) is 4.53. The van der Waals surface area contributed by atoms with Gasteiger partial charge in [-0.15, -0.1) is 0 Å². The predicted molar refractivity (Wildman–Crippen MR) is 111 cm³/mol. The number of hydrogen-bond donors (Lipinski definition) is 4. The first kappa shape index (κ1) is 20.9. The van der Waals surface area contributed by atoms with Crippen LogP contribution in [0, 0.1) is 6.92 Å². The van der Waals surface area contributed by atoms with Gasteiger partial charge < -0.3 is 25.7 Å². The topological polar surface area (TPSA) is 143 Å². The second-order valence-electron chi connectivity index (χ2n) is 6.46. The molecule has 0 aliphatic carbocycles. The number of benzene rings is 2. The van der Waals surface area contributed by atoms with Crippen molar-refractivity contribution in [1.82, 2.24) is 4.98 Å². The lowest BCUT2D eigenvalue weighted by atomic mass is 9.94. The minimum atomic E-state index is -1.61. The predicted octanol–water partition coefficient (Wildman–Crippen LogP) is 3.56. The Morgan fingerprint density at radius 3 is 2.40 bits per heavy atom. The number of nitrogen functional groups attached to an aromatic ring is 1. The molecule has 5 N–H and O–H groups in total. The van der Waals surface area contributed by atoms with Crippen LogP contribution in [0.4, 0.5) is 5.82 Å². The number of anilines is 1. The molecule has 8 nitrogen and oxygen atoms in total. The lowest BCUT2D eigenvalue weighted by Crippen LogP contribution is -2.24. The maximum absolute atomic E-state index is 12.3. The van der Waals surface area contributed by atoms with Gasteiger partial charge in [0.25, 0.3) is 5.56 Å². The van der Waals surface area contributed by atoms with Gasteiger partial charge in [-0.2, -0.15) is 0 Å². The number of aryl methyl sites for hydroxylation is 1. The molecule has 0 radical (unpaired) electrons. The molecule has 1 heterocycles. The molecule has 3 rings (SSSR count). The molecule has 0 unspecified atom stereocenters. The van der Waals surface area contributed by atoms with Crippen molar-refractivity contribution < 1.29 is 24.5 Å². The zero-order valence-corrected chi connectivity index (χ0v) is 16.5. The Morgan fingerprint density at radius 2 is 1.77 bits per heavy atom. The van der Waals surface area contributed by atoms with E-state index in [1.165, 1.54) is 18.2 Å². The number of pyridine rings is 1. The van der Waals surface area contributed by atoms with Crippen LogP contribution in [0.2, 0.25) is 5.02 Å². The van der Waals surface area contributed by atoms with Crippen molar-refractivity contribution in [3.05, 3.63) is 80.1 Å². The van der Waals surface area contributed by atoms with Gasteiger partial charge in [-0.3, -0.25) is 4.79 Å². The van der Waals surface area contributed by atoms with Crippen LogP contribution in [0.5, 0.6) is 5.75 Å². The van der Waals surface area contributed by atoms with Crippen LogP contribution < -0.4 is 16.0 Å². The number of ether oxygens (including phenoxy) is 1. The molecule has 0 fully saturated rings. The molecule has 0 aliphatic rings. The van der Waals surface area contributed by atoms with Crippen LogP contribution in [-0.4, -0.2) is 27.1 Å². The number of aromatic amines is 1. The van der Waals surface area contributed by atoms with E-state index >= 15 is 0 Å². The highest BCUT2D eigenvalue weighted by Crippen LogP contribution is 2.38. The van der Waals surface area contributed by atoms with Crippen LogP contribution in [0.3, 0.4) is 0 Å². The van der Waals surface area contributed by atoms with Gasteiger partial charge in [0.15, 0.2) is 0 Å². The Morgan fingerprint density at radius 1 is 1.10 bits per heavy atom. The van der Waals surface area contributed by atoms with Gasteiger partial charge >= 0.3 is 11.9 Å². The molecule has 1 aromatic heterocycles. The van der Waals surface area contributed by atoms with Gasteiger partial charge in [-0.25, -0.2) is 9.59 Å². The van der Waals surface area contributed by atoms with E-state index in [0.29, 0.717) is 0 Å². The molecule has 0 saturated carbocycles. The molecule has 154 valence electrons. The zero-order valence-electron chi connectivity index (χ0n) is 15.7. The molecule has 0 amide bonds. The SMILES string of the molecule is Cc1ccccc1COc1ccc(Cl)cc1-c1c(C(=O)O)c(N)[nH]c(=O)c1C(=O)O. The molecular formula is C21H17ClN2O6. The number of hydrogen-bond acceptors (Lipinski definition) is 5. The number of H-pyrrole nitrogens is 1. The number of carboxylic acid groups (broad SMARTS) is 2. The van der Waals surface area contributed by atoms with Gasteiger partial charge in [-0.05, 0) is 36.2 Å². The summed E-state index contributed by atoms with van der Waals surface area (Å²) in [6.45, 7) is 2.04. The number of halogens is 1. The standard InChI is InChI=1S/C21H17ClN2O6/c1-10-4-2-3-5-11(10)9-30-14-7-6-12(22)8-13(14)15-16(20(26)27)18(23)24-19(25)17(15)21(28)29/h2-8H,9H2,1H3,(H,26,27)(H,28,29)(H3,23,24,25). The summed E-state index contributed by atoms with van der Waals surface area (Å²) in [5, 5.41) is 19.4. The van der Waals surface area contributed by atoms with Crippen molar-refractivity contribution in [2.75, 3.05) is 5.73 Å². The Balaban J connectivity index is 2.25. The van der Waals surface area contributed by atoms with Crippen LogP contribution in [0.15, 0.2) is 47.3 Å². The van der Waals surface area contributed by atoms with Crippen molar-refractivity contribution in [3.8, 4) is 16.9 Å². The minimum absolute atomic E-state index is 0.0312. The first-order chi connectivity index (χ1) is 14.2. The number of nitrogens with one attached hydrogen (secondary N) is 1. The van der Waals surface area contributed by atoms with Gasteiger partial charge in [-0.1, -0.05) is 35.9 Å². The van der Waals surface area contributed by atoms with E-state index in [-0.39, 0.29) is 28.5 Å². The van der Waals surface area contributed by atoms with Crippen molar-refractivity contribution in [1.29, 1.82) is 0 Å². The molecule has 9 heteroatoms. The summed E-state index contributed by atoms with van der Waals surface area (Å²) in [5.74, 6) is -3.44. The van der Waals surface area contributed by atoms with E-state index in [9.17, 15) is 24.6 Å². The van der Waals surface area contributed by atoms with Gasteiger partial charge in [0.05, 0.1) is 0 Å². The van der Waals surface area contributed by atoms with Gasteiger partial charge in [0, 0.05) is 16.1 Å². The normalized spacial score (nSPS) is 10.6. The smallest absolute Gasteiger partial charge is 0.342 e. The third-order valence-corrected chi connectivity index (χ3v) is 4.76. The Labute approximate surface area is 175 Å².